The lowest BCUT2D eigenvalue weighted by molar-refractivity contribution is -0.140. The first kappa shape index (κ1) is 19.9. The second-order valence-electron chi connectivity index (χ2n) is 5.14. The molecule has 5 nitrogen and oxygen atoms in total. The summed E-state index contributed by atoms with van der Waals surface area (Å²) in [6.45, 7) is 0.992. The summed E-state index contributed by atoms with van der Waals surface area (Å²) in [5.41, 5.74) is -1.44. The summed E-state index contributed by atoms with van der Waals surface area (Å²) in [5, 5.41) is 13.7. The van der Waals surface area contributed by atoms with Crippen molar-refractivity contribution >= 4 is 11.9 Å². The van der Waals surface area contributed by atoms with E-state index in [4.69, 9.17) is 5.11 Å². The van der Waals surface area contributed by atoms with Gasteiger partial charge < -0.3 is 10.4 Å². The van der Waals surface area contributed by atoms with Gasteiger partial charge >= 0.3 is 12.1 Å². The quantitative estimate of drug-likeness (QED) is 0.629. The van der Waals surface area contributed by atoms with E-state index in [0.29, 0.717) is 18.9 Å². The first-order valence-electron chi connectivity index (χ1n) is 7.23. The van der Waals surface area contributed by atoms with E-state index in [1.807, 2.05) is 0 Å². The lowest BCUT2D eigenvalue weighted by Gasteiger charge is -2.15. The molecule has 134 valence electrons. The third kappa shape index (κ3) is 6.15. The van der Waals surface area contributed by atoms with Crippen LogP contribution in [0.2, 0.25) is 0 Å². The lowest BCUT2D eigenvalue weighted by Crippen LogP contribution is -2.43. The minimum Gasteiger partial charge on any atom is -0.480 e. The van der Waals surface area contributed by atoms with Crippen LogP contribution in [0, 0.1) is 5.82 Å². The van der Waals surface area contributed by atoms with Crippen LogP contribution < -0.4 is 10.6 Å². The van der Waals surface area contributed by atoms with Gasteiger partial charge in [-0.3, -0.25) is 14.9 Å². The zero-order chi connectivity index (χ0) is 18.3. The molecule has 0 aliphatic heterocycles. The Labute approximate surface area is 136 Å². The normalized spacial score (nSPS) is 12.7. The summed E-state index contributed by atoms with van der Waals surface area (Å²) < 4.78 is 51.5. The van der Waals surface area contributed by atoms with Gasteiger partial charge in [0.1, 0.15) is 11.9 Å². The number of aliphatic carboxylic acids is 1. The van der Waals surface area contributed by atoms with Gasteiger partial charge in [-0.05, 0) is 24.1 Å². The van der Waals surface area contributed by atoms with E-state index >= 15 is 0 Å². The molecule has 0 heterocycles. The van der Waals surface area contributed by atoms with Crippen LogP contribution in [0.25, 0.3) is 0 Å². The molecule has 0 saturated heterocycles. The van der Waals surface area contributed by atoms with Crippen molar-refractivity contribution in [1.82, 2.24) is 10.6 Å². The molecule has 1 atom stereocenters. The third-order valence-electron chi connectivity index (χ3n) is 3.24. The molecule has 0 saturated carbocycles. The van der Waals surface area contributed by atoms with Crippen molar-refractivity contribution in [1.29, 1.82) is 0 Å². The number of rotatable bonds is 8. The molecular formula is C15H18F4N2O3. The highest BCUT2D eigenvalue weighted by molar-refractivity contribution is 5.79. The fourth-order valence-corrected chi connectivity index (χ4v) is 2.04. The molecule has 0 fully saturated rings. The maximum Gasteiger partial charge on any atom is 0.416 e. The van der Waals surface area contributed by atoms with Crippen LogP contribution in [0.15, 0.2) is 18.2 Å². The van der Waals surface area contributed by atoms with Gasteiger partial charge in [0.2, 0.25) is 5.91 Å². The molecule has 1 rings (SSSR count). The molecule has 1 aromatic rings. The molecule has 1 aromatic carbocycles. The van der Waals surface area contributed by atoms with Crippen molar-refractivity contribution in [2.45, 2.75) is 38.5 Å². The maximum atomic E-state index is 13.0. The highest BCUT2D eigenvalue weighted by Gasteiger charge is 2.33. The molecule has 9 heteroatoms. The van der Waals surface area contributed by atoms with Crippen LogP contribution in [0.5, 0.6) is 0 Å². The Morgan fingerprint density at radius 1 is 1.29 bits per heavy atom. The molecular weight excluding hydrogens is 332 g/mol. The molecule has 0 spiro atoms. The molecule has 0 bridgehead atoms. The van der Waals surface area contributed by atoms with E-state index in [1.165, 1.54) is 0 Å². The Morgan fingerprint density at radius 2 is 1.96 bits per heavy atom. The number of carboxylic acids is 1. The van der Waals surface area contributed by atoms with Gasteiger partial charge in [0, 0.05) is 6.54 Å². The first-order chi connectivity index (χ1) is 11.1. The maximum absolute atomic E-state index is 13.0. The van der Waals surface area contributed by atoms with Crippen molar-refractivity contribution in [2.24, 2.45) is 0 Å². The van der Waals surface area contributed by atoms with Crippen LogP contribution in [-0.2, 0) is 22.3 Å². The van der Waals surface area contributed by atoms with Crippen molar-refractivity contribution in [3.63, 3.8) is 0 Å². The van der Waals surface area contributed by atoms with Crippen LogP contribution in [0.1, 0.15) is 30.9 Å². The van der Waals surface area contributed by atoms with Gasteiger partial charge in [-0.15, -0.1) is 0 Å². The standard InChI is InChI=1S/C15H18F4N2O3/c1-2-3-12(14(23)24)20-8-13(22)21-7-9-4-5-10(16)6-11(9)15(17,18)19/h4-6,12,20H,2-3,7-8H2,1H3,(H,21,22)(H,23,24). The molecule has 3 N–H and O–H groups in total. The van der Waals surface area contributed by atoms with Gasteiger partial charge in [0.15, 0.2) is 0 Å². The van der Waals surface area contributed by atoms with Crippen LogP contribution >= 0.6 is 0 Å². The summed E-state index contributed by atoms with van der Waals surface area (Å²) in [6.07, 6.45) is -3.83. The van der Waals surface area contributed by atoms with Crippen LogP contribution in [-0.4, -0.2) is 29.6 Å². The van der Waals surface area contributed by atoms with Crippen molar-refractivity contribution in [3.8, 4) is 0 Å². The highest BCUT2D eigenvalue weighted by Crippen LogP contribution is 2.32. The number of carbonyl (C=O) groups is 2. The Kier molecular flexibility index (Phi) is 7.15. The fraction of sp³-hybridized carbons (Fsp3) is 0.467. The summed E-state index contributed by atoms with van der Waals surface area (Å²) >= 11 is 0. The minimum atomic E-state index is -4.74. The van der Waals surface area contributed by atoms with E-state index in [1.54, 1.807) is 6.92 Å². The summed E-state index contributed by atoms with van der Waals surface area (Å²) in [4.78, 5) is 22.6. The van der Waals surface area contributed by atoms with Gasteiger partial charge in [-0.25, -0.2) is 4.39 Å². The van der Waals surface area contributed by atoms with Gasteiger partial charge in [-0.2, -0.15) is 13.2 Å². The second kappa shape index (κ2) is 8.62. The largest absolute Gasteiger partial charge is 0.480 e. The Bertz CT molecular complexity index is 591. The molecule has 0 aliphatic carbocycles. The molecule has 24 heavy (non-hydrogen) atoms. The monoisotopic (exact) mass is 350 g/mol. The van der Waals surface area contributed by atoms with E-state index < -0.39 is 42.0 Å². The number of carbonyl (C=O) groups excluding carboxylic acids is 1. The molecule has 0 aromatic heterocycles. The van der Waals surface area contributed by atoms with Crippen molar-refractivity contribution in [2.75, 3.05) is 6.54 Å². The van der Waals surface area contributed by atoms with E-state index in [2.05, 4.69) is 10.6 Å². The average Bonchev–Trinajstić information content (AvgIpc) is 2.48. The van der Waals surface area contributed by atoms with Gasteiger partial charge in [0.05, 0.1) is 12.1 Å². The van der Waals surface area contributed by atoms with Crippen molar-refractivity contribution in [3.05, 3.63) is 35.1 Å². The summed E-state index contributed by atoms with van der Waals surface area (Å²) in [7, 11) is 0. The molecule has 0 radical (unpaired) electrons. The van der Waals surface area contributed by atoms with Gasteiger partial charge in [-0.1, -0.05) is 19.4 Å². The second-order valence-corrected chi connectivity index (χ2v) is 5.14. The van der Waals surface area contributed by atoms with Crippen molar-refractivity contribution < 1.29 is 32.3 Å². The Hall–Kier alpha value is -2.16. The van der Waals surface area contributed by atoms with E-state index in [-0.39, 0.29) is 12.1 Å². The number of amides is 1. The number of carboxylic acid groups (broad SMARTS) is 1. The highest BCUT2D eigenvalue weighted by atomic mass is 19.4. The molecule has 0 aliphatic rings. The van der Waals surface area contributed by atoms with E-state index in [9.17, 15) is 27.2 Å². The molecule has 1 amide bonds. The summed E-state index contributed by atoms with van der Waals surface area (Å²) in [5.74, 6) is -2.79. The van der Waals surface area contributed by atoms with Crippen LogP contribution in [0.3, 0.4) is 0 Å². The number of benzene rings is 1. The zero-order valence-electron chi connectivity index (χ0n) is 12.9. The average molecular weight is 350 g/mol. The number of halogens is 4. The lowest BCUT2D eigenvalue weighted by atomic mass is 10.1. The Morgan fingerprint density at radius 3 is 2.50 bits per heavy atom. The first-order valence-corrected chi connectivity index (χ1v) is 7.23. The summed E-state index contributed by atoms with van der Waals surface area (Å²) in [6, 6.07) is 1.28. The molecule has 1 unspecified atom stereocenters. The third-order valence-corrected chi connectivity index (χ3v) is 3.24. The number of hydrogen-bond acceptors (Lipinski definition) is 3. The number of nitrogens with one attached hydrogen (secondary N) is 2. The number of alkyl halides is 3. The SMILES string of the molecule is CCCC(NCC(=O)NCc1ccc(F)cc1C(F)(F)F)C(=O)O. The minimum absolute atomic E-state index is 0.277. The smallest absolute Gasteiger partial charge is 0.416 e. The predicted molar refractivity (Wildman–Crippen MR) is 77.6 cm³/mol. The predicted octanol–water partition coefficient (Wildman–Crippen LogP) is 2.30. The fourth-order valence-electron chi connectivity index (χ4n) is 2.04. The Balaban J connectivity index is 2.63. The van der Waals surface area contributed by atoms with Gasteiger partial charge in [0.25, 0.3) is 0 Å². The number of hydrogen-bond donors (Lipinski definition) is 3. The zero-order valence-corrected chi connectivity index (χ0v) is 12.9. The van der Waals surface area contributed by atoms with E-state index in [0.717, 1.165) is 12.1 Å². The topological polar surface area (TPSA) is 78.4 Å². The van der Waals surface area contributed by atoms with Crippen LogP contribution in [0.4, 0.5) is 17.6 Å².